The van der Waals surface area contributed by atoms with Gasteiger partial charge in [0, 0.05) is 0 Å². The number of alkyl halides is 2. The van der Waals surface area contributed by atoms with Crippen molar-refractivity contribution in [1.29, 1.82) is 0 Å². The molecule has 17 nitrogen and oxygen atoms in total. The van der Waals surface area contributed by atoms with Crippen LogP contribution in [0, 0.1) is 19.3 Å². The lowest BCUT2D eigenvalue weighted by Crippen LogP contribution is -2.47. The predicted molar refractivity (Wildman–Crippen MR) is 105 cm³/mol. The molecule has 6 atom stereocenters. The van der Waals surface area contributed by atoms with Crippen LogP contribution in [0.2, 0.25) is 0 Å². The van der Waals surface area contributed by atoms with Crippen LogP contribution < -0.4 is 5.56 Å². The molecule has 0 saturated carbocycles. The number of nitrogens with zero attached hydrogens (tertiary/aromatic N) is 3. The highest BCUT2D eigenvalue weighted by molar-refractivity contribution is 7.66. The van der Waals surface area contributed by atoms with Crippen LogP contribution in [-0.2, 0) is 31.6 Å². The lowest BCUT2D eigenvalue weighted by molar-refractivity contribution is -0.203. The third-order valence-corrected chi connectivity index (χ3v) is 8.12. The van der Waals surface area contributed by atoms with E-state index in [1.54, 1.807) is 0 Å². The van der Waals surface area contributed by atoms with Gasteiger partial charge in [-0.2, -0.15) is 8.62 Å². The average molecular weight is 566 g/mol. The first-order chi connectivity index (χ1) is 15.8. The molecule has 0 aliphatic carbocycles. The molecule has 2 unspecified atom stereocenters. The van der Waals surface area contributed by atoms with Crippen molar-refractivity contribution in [1.82, 2.24) is 19.5 Å². The zero-order valence-corrected chi connectivity index (χ0v) is 19.6. The number of imidazole rings is 1. The monoisotopic (exact) mass is 566 g/mol. The Morgan fingerprint density at radius 3 is 2.46 bits per heavy atom. The van der Waals surface area contributed by atoms with E-state index in [1.165, 1.54) is 12.8 Å². The maximum Gasteiger partial charge on any atom is 0.490 e. The predicted octanol–water partition coefficient (Wildman–Crippen LogP) is -0.332. The summed E-state index contributed by atoms with van der Waals surface area (Å²) in [5.74, 6) is -2.21. The van der Waals surface area contributed by atoms with Crippen molar-refractivity contribution >= 4 is 34.6 Å². The van der Waals surface area contributed by atoms with Gasteiger partial charge in [-0.15, -0.1) is 6.42 Å². The molecule has 6 N–H and O–H groups in total. The molecule has 0 radical (unpaired) electrons. The van der Waals surface area contributed by atoms with Gasteiger partial charge in [0.15, 0.2) is 23.5 Å². The summed E-state index contributed by atoms with van der Waals surface area (Å²) < 4.78 is 81.3. The van der Waals surface area contributed by atoms with Gasteiger partial charge >= 0.3 is 23.5 Å². The summed E-state index contributed by atoms with van der Waals surface area (Å²) in [5, 5.41) is 10.2. The van der Waals surface area contributed by atoms with Crippen molar-refractivity contribution in [3.8, 4) is 12.3 Å². The molecule has 0 aromatic carbocycles. The molecule has 1 saturated heterocycles. The van der Waals surface area contributed by atoms with Crippen LogP contribution in [-0.4, -0.2) is 68.4 Å². The maximum atomic E-state index is 15.5. The number of ether oxygens (including phenoxy) is 1. The van der Waals surface area contributed by atoms with Crippen LogP contribution in [0.3, 0.4) is 0 Å². The molecule has 3 rings (SSSR count). The van der Waals surface area contributed by atoms with E-state index in [2.05, 4.69) is 28.1 Å². The first kappa shape index (κ1) is 27.7. The second-order valence-corrected chi connectivity index (χ2v) is 11.3. The molecule has 0 bridgehead atoms. The van der Waals surface area contributed by atoms with Crippen LogP contribution in [0.5, 0.6) is 0 Å². The fraction of sp³-hybridized carbons (Fsp3) is 0.462. The number of terminal acetylenes is 1. The van der Waals surface area contributed by atoms with Crippen molar-refractivity contribution in [3.63, 3.8) is 0 Å². The molecule has 3 heterocycles. The highest BCUT2D eigenvalue weighted by atomic mass is 31.3. The smallest absolute Gasteiger partial charge is 0.383 e. The lowest BCUT2D eigenvalue weighted by Gasteiger charge is -2.25. The van der Waals surface area contributed by atoms with Crippen molar-refractivity contribution in [2.24, 2.45) is 0 Å². The summed E-state index contributed by atoms with van der Waals surface area (Å²) in [6.07, 6.45) is 0.715. The Hall–Kier alpha value is -1.90. The molecule has 1 aliphatic heterocycles. The number of aromatic nitrogens is 4. The lowest BCUT2D eigenvalue weighted by atomic mass is 9.96. The van der Waals surface area contributed by atoms with E-state index >= 15 is 8.78 Å². The van der Waals surface area contributed by atoms with Crippen molar-refractivity contribution < 1.29 is 65.0 Å². The Morgan fingerprint density at radius 1 is 1.26 bits per heavy atom. The molecule has 2 aromatic heterocycles. The van der Waals surface area contributed by atoms with Crippen LogP contribution in [0.4, 0.5) is 8.78 Å². The normalized spacial score (nSPS) is 30.6. The molecule has 1 aliphatic rings. The highest BCUT2D eigenvalue weighted by Crippen LogP contribution is 2.66. The van der Waals surface area contributed by atoms with Gasteiger partial charge in [-0.1, -0.05) is 5.92 Å². The minimum atomic E-state index is -5.94. The van der Waals surface area contributed by atoms with Crippen LogP contribution in [0.15, 0.2) is 11.1 Å². The number of fused-ring (bicyclic) bond motifs is 1. The second kappa shape index (κ2) is 8.89. The van der Waals surface area contributed by atoms with Gasteiger partial charge in [0.05, 0.1) is 6.33 Å². The van der Waals surface area contributed by atoms with Gasteiger partial charge in [0.2, 0.25) is 5.67 Å². The van der Waals surface area contributed by atoms with E-state index in [4.69, 9.17) is 25.8 Å². The van der Waals surface area contributed by atoms with Gasteiger partial charge in [0.25, 0.3) is 11.4 Å². The third kappa shape index (κ3) is 5.59. The van der Waals surface area contributed by atoms with Crippen molar-refractivity contribution in [2.75, 3.05) is 6.61 Å². The minimum Gasteiger partial charge on any atom is -0.383 e. The van der Waals surface area contributed by atoms with Crippen molar-refractivity contribution in [2.45, 2.75) is 30.8 Å². The summed E-state index contributed by atoms with van der Waals surface area (Å²) in [6.45, 7) is -0.518. The number of aliphatic hydroxyl groups is 1. The molecule has 1 fully saturated rings. The van der Waals surface area contributed by atoms with E-state index in [1.807, 2.05) is 0 Å². The van der Waals surface area contributed by atoms with Crippen LogP contribution in [0.1, 0.15) is 12.1 Å². The molecular formula is C13H15F2N4O13P3. The number of aryl methyl sites for hydroxylation is 1. The molecule has 194 valence electrons. The van der Waals surface area contributed by atoms with Gasteiger partial charge in [-0.3, -0.25) is 13.9 Å². The number of hydrogen-bond donors (Lipinski definition) is 6. The Bertz CT molecular complexity index is 1400. The largest absolute Gasteiger partial charge is 0.490 e. The van der Waals surface area contributed by atoms with E-state index in [9.17, 15) is 28.5 Å². The topological polar surface area (TPSA) is 253 Å². The highest BCUT2D eigenvalue weighted by Gasteiger charge is 2.67. The van der Waals surface area contributed by atoms with Crippen LogP contribution in [0.25, 0.3) is 11.2 Å². The Morgan fingerprint density at radius 2 is 1.89 bits per heavy atom. The number of rotatable bonds is 8. The standard InChI is InChI=1S/C13H15F2N4O13P3/c1-3-12(14)10(21)13(15,4-29-34(25,26)32-35(27,28)31-33(22,23)24)30-11(12)19-5-16-7-8(19)17-6(2)18-9(7)20/h1,5,10-11,21H,4H2,2H3,(H,25,26)(H,27,28)(H,17,18,20)(H2,22,23,24)/t10-,11+,12+,13+/m0/s1. The Kier molecular flexibility index (Phi) is 7.03. The fourth-order valence-electron chi connectivity index (χ4n) is 2.99. The summed E-state index contributed by atoms with van der Waals surface area (Å²) >= 11 is 0. The SMILES string of the molecule is C#C[C@]1(F)[C@H](n2cnc3c(=O)[nH]c(C)nc32)O[C@](F)(COP(=O)(O)OP(=O)(O)OP(=O)(O)O)[C@H]1O. The average Bonchev–Trinajstić information content (AvgIpc) is 3.18. The molecule has 35 heavy (non-hydrogen) atoms. The molecule has 2 aromatic rings. The molecule has 0 spiro atoms. The molecule has 0 amide bonds. The minimum absolute atomic E-state index is 0.0344. The van der Waals surface area contributed by atoms with E-state index < -0.39 is 59.5 Å². The molecular weight excluding hydrogens is 551 g/mol. The Labute approximate surface area is 192 Å². The zero-order chi connectivity index (χ0) is 26.6. The number of H-pyrrole nitrogens is 1. The number of aromatic amines is 1. The first-order valence-corrected chi connectivity index (χ1v) is 13.3. The van der Waals surface area contributed by atoms with E-state index in [-0.39, 0.29) is 17.0 Å². The maximum absolute atomic E-state index is 15.5. The number of hydrogen-bond acceptors (Lipinski definition) is 11. The summed E-state index contributed by atoms with van der Waals surface area (Å²) in [7, 11) is -17.5. The summed E-state index contributed by atoms with van der Waals surface area (Å²) in [5.41, 5.74) is -4.84. The quantitative estimate of drug-likeness (QED) is 0.177. The fourth-order valence-corrected chi connectivity index (χ4v) is 6.02. The van der Waals surface area contributed by atoms with Gasteiger partial charge < -0.3 is 34.4 Å². The zero-order valence-electron chi connectivity index (χ0n) is 17.0. The number of nitrogens with one attached hydrogen (secondary N) is 1. The summed E-state index contributed by atoms with van der Waals surface area (Å²) in [4.78, 5) is 57.5. The summed E-state index contributed by atoms with van der Waals surface area (Å²) in [6, 6.07) is 0. The number of halogens is 2. The third-order valence-electron chi connectivity index (χ3n) is 4.34. The number of phosphoric acid groups is 3. The van der Waals surface area contributed by atoms with Crippen LogP contribution >= 0.6 is 23.5 Å². The molecule has 22 heteroatoms. The van der Waals surface area contributed by atoms with Gasteiger partial charge in [0.1, 0.15) is 12.4 Å². The Balaban J connectivity index is 1.89. The number of aliphatic hydroxyl groups excluding tert-OH is 1. The van der Waals surface area contributed by atoms with Crippen molar-refractivity contribution in [3.05, 3.63) is 22.5 Å². The van der Waals surface area contributed by atoms with E-state index in [0.717, 1.165) is 6.33 Å². The first-order valence-electron chi connectivity index (χ1n) is 8.76. The van der Waals surface area contributed by atoms with Gasteiger partial charge in [-0.05, 0) is 6.92 Å². The number of phosphoric ester groups is 1. The van der Waals surface area contributed by atoms with Gasteiger partial charge in [-0.25, -0.2) is 32.4 Å². The van der Waals surface area contributed by atoms with E-state index in [0.29, 0.717) is 4.57 Å². The second-order valence-electron chi connectivity index (χ2n) is 6.91.